The summed E-state index contributed by atoms with van der Waals surface area (Å²) in [6.45, 7) is 0. The van der Waals surface area contributed by atoms with Crippen molar-refractivity contribution in [3.63, 3.8) is 0 Å². The zero-order valence-corrected chi connectivity index (χ0v) is 9.66. The van der Waals surface area contributed by atoms with E-state index in [1.54, 1.807) is 0 Å². The van der Waals surface area contributed by atoms with Crippen molar-refractivity contribution in [2.24, 2.45) is 8.58 Å². The van der Waals surface area contributed by atoms with Crippen molar-refractivity contribution in [3.05, 3.63) is 0 Å². The molecule has 1 aliphatic carbocycles. The Labute approximate surface area is 84.3 Å². The Balaban J connectivity index is 0.000000310. The summed E-state index contributed by atoms with van der Waals surface area (Å²) in [5.74, 6) is 0. The van der Waals surface area contributed by atoms with Crippen LogP contribution in [0.2, 0.25) is 4.31 Å². The van der Waals surface area contributed by atoms with E-state index in [-0.39, 0.29) is 0 Å². The van der Waals surface area contributed by atoms with Gasteiger partial charge in [-0.25, -0.2) is 4.79 Å². The van der Waals surface area contributed by atoms with E-state index in [0.29, 0.717) is 0 Å². The third-order valence-electron chi connectivity index (χ3n) is 1.80. The van der Waals surface area contributed by atoms with Crippen LogP contribution in [0.1, 0.15) is 32.1 Å². The molecule has 1 aliphatic rings. The second-order valence-electron chi connectivity index (χ2n) is 2.78. The Kier molecular flexibility index (Phi) is 7.23. The van der Waals surface area contributed by atoms with Crippen LogP contribution in [0.25, 0.3) is 0 Å². The van der Waals surface area contributed by atoms with Crippen LogP contribution in [0.15, 0.2) is 0 Å². The van der Waals surface area contributed by atoms with Gasteiger partial charge in [0.15, 0.2) is 0 Å². The van der Waals surface area contributed by atoms with Gasteiger partial charge in [0.2, 0.25) is 0 Å². The standard InChI is InChI=1S/C6H11.CH2O3.2H2N.Pt/c1-2-4-6-5-3-1;2-1(3)4;;;/h1H,2-6H2;(H2,2,3,4);2*1H2;/q;;2*-1;+2. The molecular weight excluding hydrogens is 355 g/mol. The summed E-state index contributed by atoms with van der Waals surface area (Å²) in [5.41, 5.74) is 0. The van der Waals surface area contributed by atoms with E-state index in [2.05, 4.69) is 0 Å². The van der Waals surface area contributed by atoms with Gasteiger partial charge in [-0.1, -0.05) is 0 Å². The molecule has 0 unspecified atom stereocenters. The molecule has 0 aliphatic heterocycles. The van der Waals surface area contributed by atoms with Crippen molar-refractivity contribution in [1.82, 2.24) is 0 Å². The topological polar surface area (TPSA) is 110 Å². The average Bonchev–Trinajstić information content (AvgIpc) is 2.05. The van der Waals surface area contributed by atoms with Gasteiger partial charge in [-0.3, -0.25) is 0 Å². The van der Waals surface area contributed by atoms with Crippen molar-refractivity contribution >= 4 is 6.16 Å². The Morgan fingerprint density at radius 3 is 1.77 bits per heavy atom. The zero-order chi connectivity index (χ0) is 10.3. The normalized spacial score (nSPS) is 18.5. The molecule has 0 radical (unpaired) electrons. The Morgan fingerprint density at radius 2 is 1.54 bits per heavy atom. The maximum absolute atomic E-state index is 8.56. The minimum absolute atomic E-state index is 0.767. The van der Waals surface area contributed by atoms with E-state index in [4.69, 9.17) is 23.6 Å². The Bertz CT molecular complexity index is 145. The fourth-order valence-corrected chi connectivity index (χ4v) is 3.68. The molecule has 0 aromatic heterocycles. The van der Waals surface area contributed by atoms with E-state index in [9.17, 15) is 0 Å². The fourth-order valence-electron chi connectivity index (χ4n) is 1.24. The van der Waals surface area contributed by atoms with Crippen LogP contribution in [0, 0.1) is 0 Å². The Morgan fingerprint density at radius 1 is 1.15 bits per heavy atom. The molecule has 0 spiro atoms. The quantitative estimate of drug-likeness (QED) is 0.555. The molecule has 5 nitrogen and oxygen atoms in total. The van der Waals surface area contributed by atoms with E-state index < -0.39 is 24.0 Å². The molecule has 0 atom stereocenters. The molecule has 1 fully saturated rings. The summed E-state index contributed by atoms with van der Waals surface area (Å²) in [7, 11) is 0. The first kappa shape index (κ1) is 12.9. The van der Waals surface area contributed by atoms with Crippen LogP contribution in [0.5, 0.6) is 0 Å². The summed E-state index contributed by atoms with van der Waals surface area (Å²) >= 11 is -1.41. The summed E-state index contributed by atoms with van der Waals surface area (Å²) < 4.78 is 12.2. The second kappa shape index (κ2) is 7.30. The summed E-state index contributed by atoms with van der Waals surface area (Å²) in [4.78, 5) is 8.56. The molecular formula is C7H17N2O3Pt. The van der Waals surface area contributed by atoms with Gasteiger partial charge in [-0.05, 0) is 0 Å². The molecule has 6 N–H and O–H groups in total. The molecule has 6 heteroatoms. The van der Waals surface area contributed by atoms with Crippen LogP contribution >= 0.6 is 0 Å². The van der Waals surface area contributed by atoms with Crippen LogP contribution in [0.3, 0.4) is 0 Å². The van der Waals surface area contributed by atoms with Gasteiger partial charge in [0.25, 0.3) is 0 Å². The minimum atomic E-state index is -1.83. The molecule has 0 amide bonds. The van der Waals surface area contributed by atoms with Gasteiger partial charge in [0.05, 0.1) is 0 Å². The number of carbonyl (C=O) groups is 1. The van der Waals surface area contributed by atoms with Crippen molar-refractivity contribution in [2.45, 2.75) is 36.4 Å². The van der Waals surface area contributed by atoms with Gasteiger partial charge in [-0.2, -0.15) is 0 Å². The molecule has 1 saturated carbocycles. The van der Waals surface area contributed by atoms with Crippen LogP contribution in [-0.2, 0) is 17.8 Å². The van der Waals surface area contributed by atoms with Crippen LogP contribution < -0.4 is 8.58 Å². The molecule has 0 heterocycles. The zero-order valence-electron chi connectivity index (χ0n) is 7.39. The van der Waals surface area contributed by atoms with Crippen molar-refractivity contribution in [3.8, 4) is 0 Å². The summed E-state index contributed by atoms with van der Waals surface area (Å²) in [6.07, 6.45) is 4.94. The van der Waals surface area contributed by atoms with Gasteiger partial charge < -0.3 is 10.2 Å². The van der Waals surface area contributed by atoms with Gasteiger partial charge >= 0.3 is 69.0 Å². The van der Waals surface area contributed by atoms with Crippen LogP contribution in [-0.4, -0.2) is 16.4 Å². The monoisotopic (exact) mass is 372 g/mol. The van der Waals surface area contributed by atoms with E-state index in [1.807, 2.05) is 0 Å². The Hall–Kier alpha value is -0.122. The first-order chi connectivity index (χ1) is 6.04. The second-order valence-corrected chi connectivity index (χ2v) is 6.91. The summed E-state index contributed by atoms with van der Waals surface area (Å²) in [6, 6.07) is 0. The van der Waals surface area contributed by atoms with Gasteiger partial charge in [0, 0.05) is 0 Å². The van der Waals surface area contributed by atoms with Crippen molar-refractivity contribution in [2.75, 3.05) is 0 Å². The average molecular weight is 372 g/mol. The van der Waals surface area contributed by atoms with E-state index in [1.165, 1.54) is 32.1 Å². The van der Waals surface area contributed by atoms with Gasteiger partial charge in [0.1, 0.15) is 0 Å². The number of nitrogens with two attached hydrogens (primary N) is 2. The number of hydrogen-bond acceptors (Lipinski definition) is 3. The van der Waals surface area contributed by atoms with E-state index >= 15 is 0 Å². The van der Waals surface area contributed by atoms with Crippen molar-refractivity contribution < 1.29 is 32.8 Å². The van der Waals surface area contributed by atoms with Gasteiger partial charge in [-0.15, -0.1) is 0 Å². The van der Waals surface area contributed by atoms with Crippen LogP contribution in [0.4, 0.5) is 4.79 Å². The predicted octanol–water partition coefficient (Wildman–Crippen LogP) is 1.33. The molecule has 13 heavy (non-hydrogen) atoms. The predicted molar refractivity (Wildman–Crippen MR) is 45.9 cm³/mol. The third kappa shape index (κ3) is 8.22. The maximum atomic E-state index is 8.56. The molecule has 0 saturated heterocycles. The third-order valence-corrected chi connectivity index (χ3v) is 5.25. The molecule has 1 rings (SSSR count). The molecule has 0 bridgehead atoms. The summed E-state index contributed by atoms with van der Waals surface area (Å²) in [5, 5.41) is 13.9. The van der Waals surface area contributed by atoms with Crippen molar-refractivity contribution in [1.29, 1.82) is 0 Å². The first-order valence-electron chi connectivity index (χ1n) is 4.02. The molecule has 0 aromatic carbocycles. The fraction of sp³-hybridized carbons (Fsp3) is 0.857. The first-order valence-corrected chi connectivity index (χ1v) is 7.95. The number of rotatable bonds is 1. The SMILES string of the molecule is O=C(O)O.[NH2][Pt]([NH2])[CH]1CCCCC1. The number of carboxylic acid groups (broad SMARTS) is 2. The number of hydrogen-bond donors (Lipinski definition) is 4. The van der Waals surface area contributed by atoms with E-state index in [0.717, 1.165) is 4.31 Å². The molecule has 0 aromatic rings. The molecule has 83 valence electrons.